The highest BCUT2D eigenvalue weighted by atomic mass is 35.5. The van der Waals surface area contributed by atoms with Gasteiger partial charge in [-0.3, -0.25) is 4.68 Å². The van der Waals surface area contributed by atoms with Gasteiger partial charge in [-0.2, -0.15) is 5.10 Å². The molecule has 0 saturated carbocycles. The van der Waals surface area contributed by atoms with Gasteiger partial charge < -0.3 is 9.73 Å². The number of rotatable bonds is 4. The molecule has 21 heavy (non-hydrogen) atoms. The minimum atomic E-state index is 0. The number of nitrogens with one attached hydrogen (secondary N) is 1. The van der Waals surface area contributed by atoms with Crippen LogP contribution < -0.4 is 5.32 Å². The van der Waals surface area contributed by atoms with Crippen LogP contribution in [0.1, 0.15) is 56.4 Å². The Morgan fingerprint density at radius 2 is 2.00 bits per heavy atom. The van der Waals surface area contributed by atoms with Gasteiger partial charge in [0.2, 0.25) is 0 Å². The molecule has 1 atom stereocenters. The van der Waals surface area contributed by atoms with Gasteiger partial charge in [-0.05, 0) is 47.6 Å². The van der Waals surface area contributed by atoms with Gasteiger partial charge in [0.25, 0.3) is 0 Å². The zero-order valence-corrected chi connectivity index (χ0v) is 14.5. The minimum absolute atomic E-state index is 0. The van der Waals surface area contributed by atoms with Gasteiger partial charge in [-0.1, -0.05) is 0 Å². The van der Waals surface area contributed by atoms with Crippen LogP contribution >= 0.6 is 12.4 Å². The van der Waals surface area contributed by atoms with E-state index in [0.717, 1.165) is 18.1 Å². The minimum Gasteiger partial charge on any atom is -0.466 e. The normalized spacial score (nSPS) is 13.0. The summed E-state index contributed by atoms with van der Waals surface area (Å²) in [6.45, 7) is 13.4. The fourth-order valence-electron chi connectivity index (χ4n) is 2.28. The predicted octanol–water partition coefficient (Wildman–Crippen LogP) is 4.12. The third-order valence-electron chi connectivity index (χ3n) is 3.48. The standard InChI is InChI=1S/C16H25N3O.ClH/c1-11-7-15(13(3)20-11)12(2)17-8-14-9-18-19(10-14)16(4,5)6;/h7,9-10,12,17H,8H2,1-6H3;1H. The smallest absolute Gasteiger partial charge is 0.105 e. The Morgan fingerprint density at radius 1 is 1.33 bits per heavy atom. The van der Waals surface area contributed by atoms with Crippen molar-refractivity contribution in [3.05, 3.63) is 41.1 Å². The Hall–Kier alpha value is -1.26. The van der Waals surface area contributed by atoms with E-state index in [9.17, 15) is 0 Å². The van der Waals surface area contributed by atoms with Crippen LogP contribution in [0.2, 0.25) is 0 Å². The largest absolute Gasteiger partial charge is 0.466 e. The summed E-state index contributed by atoms with van der Waals surface area (Å²) in [7, 11) is 0. The van der Waals surface area contributed by atoms with Crippen LogP contribution in [-0.4, -0.2) is 9.78 Å². The second kappa shape index (κ2) is 6.67. The first kappa shape index (κ1) is 17.8. The van der Waals surface area contributed by atoms with Crippen molar-refractivity contribution in [1.82, 2.24) is 15.1 Å². The van der Waals surface area contributed by atoms with Gasteiger partial charge in [0.1, 0.15) is 11.5 Å². The van der Waals surface area contributed by atoms with Crippen LogP contribution in [0.3, 0.4) is 0 Å². The molecule has 0 spiro atoms. The first-order valence-corrected chi connectivity index (χ1v) is 7.11. The van der Waals surface area contributed by atoms with E-state index < -0.39 is 0 Å². The Morgan fingerprint density at radius 3 is 2.48 bits per heavy atom. The number of hydrogen-bond donors (Lipinski definition) is 1. The quantitative estimate of drug-likeness (QED) is 0.923. The van der Waals surface area contributed by atoms with E-state index in [4.69, 9.17) is 4.42 Å². The predicted molar refractivity (Wildman–Crippen MR) is 87.9 cm³/mol. The Balaban J connectivity index is 0.00000220. The first-order valence-electron chi connectivity index (χ1n) is 7.11. The van der Waals surface area contributed by atoms with E-state index in [-0.39, 0.29) is 24.0 Å². The maximum atomic E-state index is 5.58. The molecule has 118 valence electrons. The van der Waals surface area contributed by atoms with Crippen molar-refractivity contribution in [3.8, 4) is 0 Å². The molecule has 5 heteroatoms. The molecule has 0 aliphatic rings. The van der Waals surface area contributed by atoms with Crippen molar-refractivity contribution < 1.29 is 4.42 Å². The second-order valence-electron chi connectivity index (χ2n) is 6.44. The number of furan rings is 1. The molecule has 0 aromatic carbocycles. The maximum Gasteiger partial charge on any atom is 0.105 e. The summed E-state index contributed by atoms with van der Waals surface area (Å²) in [5.74, 6) is 1.96. The number of aromatic nitrogens is 2. The van der Waals surface area contributed by atoms with Crippen molar-refractivity contribution in [2.75, 3.05) is 0 Å². The van der Waals surface area contributed by atoms with Gasteiger partial charge in [-0.25, -0.2) is 0 Å². The summed E-state index contributed by atoms with van der Waals surface area (Å²) in [6, 6.07) is 2.37. The lowest BCUT2D eigenvalue weighted by atomic mass is 10.1. The molecule has 1 N–H and O–H groups in total. The lowest BCUT2D eigenvalue weighted by Gasteiger charge is -2.18. The van der Waals surface area contributed by atoms with Crippen molar-refractivity contribution in [3.63, 3.8) is 0 Å². The summed E-state index contributed by atoms with van der Waals surface area (Å²) in [6.07, 6.45) is 4.03. The van der Waals surface area contributed by atoms with Crippen molar-refractivity contribution >= 4 is 12.4 Å². The molecule has 2 rings (SSSR count). The molecule has 2 aromatic heterocycles. The van der Waals surface area contributed by atoms with E-state index in [1.807, 2.05) is 24.7 Å². The summed E-state index contributed by atoms with van der Waals surface area (Å²) in [5, 5.41) is 7.94. The van der Waals surface area contributed by atoms with E-state index in [0.29, 0.717) is 0 Å². The molecule has 2 aromatic rings. The van der Waals surface area contributed by atoms with Crippen molar-refractivity contribution in [1.29, 1.82) is 0 Å². The molecule has 1 unspecified atom stereocenters. The molecule has 0 radical (unpaired) electrons. The third-order valence-corrected chi connectivity index (χ3v) is 3.48. The average Bonchev–Trinajstić information content (AvgIpc) is 2.92. The zero-order valence-electron chi connectivity index (χ0n) is 13.7. The maximum absolute atomic E-state index is 5.58. The molecule has 0 aliphatic carbocycles. The van der Waals surface area contributed by atoms with Gasteiger partial charge in [0.05, 0.1) is 11.7 Å². The summed E-state index contributed by atoms with van der Waals surface area (Å²) < 4.78 is 7.58. The number of halogens is 1. The van der Waals surface area contributed by atoms with E-state index in [1.54, 1.807) is 0 Å². The van der Waals surface area contributed by atoms with Gasteiger partial charge in [0.15, 0.2) is 0 Å². The molecule has 0 bridgehead atoms. The molecule has 0 saturated heterocycles. The highest BCUT2D eigenvalue weighted by Gasteiger charge is 2.15. The van der Waals surface area contributed by atoms with E-state index in [1.165, 1.54) is 11.1 Å². The molecule has 0 amide bonds. The van der Waals surface area contributed by atoms with Gasteiger partial charge >= 0.3 is 0 Å². The van der Waals surface area contributed by atoms with Crippen LogP contribution in [0, 0.1) is 13.8 Å². The van der Waals surface area contributed by atoms with E-state index >= 15 is 0 Å². The molecule has 4 nitrogen and oxygen atoms in total. The summed E-state index contributed by atoms with van der Waals surface area (Å²) in [4.78, 5) is 0. The third kappa shape index (κ3) is 4.35. The van der Waals surface area contributed by atoms with Crippen molar-refractivity contribution in [2.24, 2.45) is 0 Å². The lowest BCUT2D eigenvalue weighted by Crippen LogP contribution is -2.22. The van der Waals surface area contributed by atoms with Gasteiger partial charge in [0, 0.05) is 29.9 Å². The second-order valence-corrected chi connectivity index (χ2v) is 6.44. The molecule has 0 aliphatic heterocycles. The molecular weight excluding hydrogens is 286 g/mol. The van der Waals surface area contributed by atoms with Crippen LogP contribution in [0.4, 0.5) is 0 Å². The van der Waals surface area contributed by atoms with Crippen LogP contribution in [0.25, 0.3) is 0 Å². The van der Waals surface area contributed by atoms with Crippen molar-refractivity contribution in [2.45, 2.75) is 59.7 Å². The number of nitrogens with zero attached hydrogens (tertiary/aromatic N) is 2. The van der Waals surface area contributed by atoms with Crippen LogP contribution in [0.5, 0.6) is 0 Å². The van der Waals surface area contributed by atoms with Crippen LogP contribution in [0.15, 0.2) is 22.9 Å². The van der Waals surface area contributed by atoms with E-state index in [2.05, 4.69) is 50.4 Å². The Labute approximate surface area is 133 Å². The monoisotopic (exact) mass is 311 g/mol. The molecule has 2 heterocycles. The first-order chi connectivity index (χ1) is 9.27. The molecule has 0 fully saturated rings. The van der Waals surface area contributed by atoms with Crippen LogP contribution in [-0.2, 0) is 12.1 Å². The highest BCUT2D eigenvalue weighted by molar-refractivity contribution is 5.85. The number of hydrogen-bond acceptors (Lipinski definition) is 3. The zero-order chi connectivity index (χ0) is 14.9. The summed E-state index contributed by atoms with van der Waals surface area (Å²) >= 11 is 0. The summed E-state index contributed by atoms with van der Waals surface area (Å²) in [5.41, 5.74) is 2.46. The lowest BCUT2D eigenvalue weighted by molar-refractivity contribution is 0.355. The Bertz CT molecular complexity index is 581. The fourth-order valence-corrected chi connectivity index (χ4v) is 2.28. The Kier molecular flexibility index (Phi) is 5.65. The average molecular weight is 312 g/mol. The SMILES string of the molecule is Cc1cc(C(C)NCc2cnn(C(C)(C)C)c2)c(C)o1.Cl. The number of aryl methyl sites for hydroxylation is 2. The highest BCUT2D eigenvalue weighted by Crippen LogP contribution is 2.21. The fraction of sp³-hybridized carbons (Fsp3) is 0.562. The molecular formula is C16H26ClN3O. The van der Waals surface area contributed by atoms with Gasteiger partial charge in [-0.15, -0.1) is 12.4 Å². The topological polar surface area (TPSA) is 43.0 Å².